The highest BCUT2D eigenvalue weighted by Crippen LogP contribution is 2.29. The normalized spacial score (nSPS) is 11.6. The highest BCUT2D eigenvalue weighted by molar-refractivity contribution is 7.90. The fourth-order valence-corrected chi connectivity index (χ4v) is 3.99. The van der Waals surface area contributed by atoms with Crippen LogP contribution >= 0.6 is 0 Å². The van der Waals surface area contributed by atoms with Crippen molar-refractivity contribution in [2.24, 2.45) is 0 Å². The molecule has 0 saturated carbocycles. The number of hydrogen-bond acceptors (Lipinski definition) is 7. The lowest BCUT2D eigenvalue weighted by molar-refractivity contribution is 0.405. The second kappa shape index (κ2) is 7.95. The van der Waals surface area contributed by atoms with Crippen molar-refractivity contribution in [1.29, 1.82) is 0 Å². The van der Waals surface area contributed by atoms with Gasteiger partial charge in [-0.1, -0.05) is 6.07 Å². The van der Waals surface area contributed by atoms with Crippen LogP contribution in [0.2, 0.25) is 0 Å². The topological polar surface area (TPSA) is 98.5 Å². The fraction of sp³-hybridized carbons (Fsp3) is 0.190. The molecule has 8 nitrogen and oxygen atoms in total. The Balaban J connectivity index is 1.71. The second-order valence-corrected chi connectivity index (χ2v) is 8.95. The van der Waals surface area contributed by atoms with Crippen molar-refractivity contribution in [2.45, 2.75) is 18.5 Å². The number of nitrogens with zero attached hydrogens (tertiary/aromatic N) is 4. The minimum absolute atomic E-state index is 0.0170. The average Bonchev–Trinajstić information content (AvgIpc) is 3.22. The number of benzene rings is 1. The third-order valence-corrected chi connectivity index (χ3v) is 5.92. The number of rotatable bonds is 6. The van der Waals surface area contributed by atoms with Crippen LogP contribution < -0.4 is 10.1 Å². The highest BCUT2D eigenvalue weighted by Gasteiger charge is 2.16. The summed E-state index contributed by atoms with van der Waals surface area (Å²) in [6.45, 7) is 1.94. The van der Waals surface area contributed by atoms with Gasteiger partial charge in [-0.2, -0.15) is 0 Å². The predicted octanol–water partition coefficient (Wildman–Crippen LogP) is 3.26. The average molecular weight is 441 g/mol. The zero-order chi connectivity index (χ0) is 22.2. The molecule has 4 rings (SSSR count). The molecule has 0 fully saturated rings. The molecular formula is C21H20FN5O3S. The summed E-state index contributed by atoms with van der Waals surface area (Å²) in [4.78, 5) is 4.22. The highest BCUT2D eigenvalue weighted by atomic mass is 32.2. The van der Waals surface area contributed by atoms with E-state index in [1.165, 1.54) is 19.2 Å². The van der Waals surface area contributed by atoms with Crippen LogP contribution in [0.4, 0.5) is 10.2 Å². The molecule has 0 aliphatic heterocycles. The number of hydrogen-bond donors (Lipinski definition) is 1. The van der Waals surface area contributed by atoms with Gasteiger partial charge >= 0.3 is 0 Å². The molecule has 0 aliphatic carbocycles. The number of anilines is 1. The number of nitrogens with one attached hydrogen (secondary N) is 1. The maximum Gasteiger partial charge on any atom is 0.192 e. The van der Waals surface area contributed by atoms with Crippen molar-refractivity contribution in [1.82, 2.24) is 19.6 Å². The van der Waals surface area contributed by atoms with Gasteiger partial charge in [0.25, 0.3) is 0 Å². The number of methoxy groups -OCH3 is 1. The quantitative estimate of drug-likeness (QED) is 0.490. The first-order chi connectivity index (χ1) is 14.8. The van der Waals surface area contributed by atoms with Gasteiger partial charge in [-0.15, -0.1) is 10.2 Å². The number of aromatic nitrogens is 4. The van der Waals surface area contributed by atoms with E-state index in [2.05, 4.69) is 20.5 Å². The summed E-state index contributed by atoms with van der Waals surface area (Å²) in [5.41, 5.74) is 3.02. The lowest BCUT2D eigenvalue weighted by Crippen LogP contribution is -2.07. The Bertz CT molecular complexity index is 1390. The Hall–Kier alpha value is -3.53. The van der Waals surface area contributed by atoms with Crippen LogP contribution in [0.15, 0.2) is 53.8 Å². The minimum atomic E-state index is -3.40. The van der Waals surface area contributed by atoms with Crippen molar-refractivity contribution in [3.8, 4) is 16.9 Å². The minimum Gasteiger partial charge on any atom is -0.496 e. The molecule has 1 aromatic carbocycles. The van der Waals surface area contributed by atoms with Crippen LogP contribution in [0.25, 0.3) is 16.8 Å². The molecule has 0 saturated heterocycles. The van der Waals surface area contributed by atoms with E-state index in [0.717, 1.165) is 17.4 Å². The van der Waals surface area contributed by atoms with Crippen LogP contribution in [0.1, 0.15) is 11.3 Å². The molecule has 0 unspecified atom stereocenters. The van der Waals surface area contributed by atoms with E-state index in [1.807, 2.05) is 12.1 Å². The van der Waals surface area contributed by atoms with E-state index in [-0.39, 0.29) is 17.4 Å². The van der Waals surface area contributed by atoms with Crippen molar-refractivity contribution in [2.75, 3.05) is 18.7 Å². The Morgan fingerprint density at radius 1 is 1.13 bits per heavy atom. The molecular weight excluding hydrogens is 421 g/mol. The van der Waals surface area contributed by atoms with E-state index in [4.69, 9.17) is 4.74 Å². The smallest absolute Gasteiger partial charge is 0.192 e. The molecule has 10 heteroatoms. The summed E-state index contributed by atoms with van der Waals surface area (Å²) >= 11 is 0. The van der Waals surface area contributed by atoms with Gasteiger partial charge in [-0.05, 0) is 43.3 Å². The standard InChI is InChI=1S/C21H20FN5O3S/c1-13-14(8-10-20(25-13)31(3,28)29)15-7-9-19(27-12-24-26-21(15)27)23-11-16-17(22)5-4-6-18(16)30-2/h4-10,12,23H,11H2,1-3H3. The number of aryl methyl sites for hydroxylation is 1. The first-order valence-electron chi connectivity index (χ1n) is 9.35. The van der Waals surface area contributed by atoms with Crippen molar-refractivity contribution >= 4 is 21.3 Å². The molecule has 3 aromatic heterocycles. The number of sulfone groups is 1. The molecule has 0 aliphatic rings. The third kappa shape index (κ3) is 3.93. The Morgan fingerprint density at radius 2 is 1.90 bits per heavy atom. The van der Waals surface area contributed by atoms with Gasteiger partial charge in [0.2, 0.25) is 0 Å². The molecule has 0 amide bonds. The van der Waals surface area contributed by atoms with E-state index in [9.17, 15) is 12.8 Å². The first-order valence-corrected chi connectivity index (χ1v) is 11.2. The van der Waals surface area contributed by atoms with Gasteiger partial charge in [-0.25, -0.2) is 17.8 Å². The fourth-order valence-electron chi connectivity index (χ4n) is 3.38. The molecule has 4 aromatic rings. The predicted molar refractivity (Wildman–Crippen MR) is 114 cm³/mol. The maximum absolute atomic E-state index is 14.2. The largest absolute Gasteiger partial charge is 0.496 e. The van der Waals surface area contributed by atoms with Gasteiger partial charge in [0, 0.05) is 35.2 Å². The van der Waals surface area contributed by atoms with Crippen molar-refractivity contribution in [3.63, 3.8) is 0 Å². The third-order valence-electron chi connectivity index (χ3n) is 4.93. The Kier molecular flexibility index (Phi) is 5.32. The molecule has 0 atom stereocenters. The Morgan fingerprint density at radius 3 is 2.61 bits per heavy atom. The monoisotopic (exact) mass is 441 g/mol. The molecule has 0 bridgehead atoms. The van der Waals surface area contributed by atoms with E-state index in [1.54, 1.807) is 35.9 Å². The zero-order valence-electron chi connectivity index (χ0n) is 17.1. The summed E-state index contributed by atoms with van der Waals surface area (Å²) < 4.78 is 44.8. The molecule has 160 valence electrons. The van der Waals surface area contributed by atoms with Gasteiger partial charge in [0.05, 0.1) is 7.11 Å². The molecule has 1 N–H and O–H groups in total. The number of ether oxygens (including phenoxy) is 1. The summed E-state index contributed by atoms with van der Waals surface area (Å²) in [5, 5.41) is 11.4. The second-order valence-electron chi connectivity index (χ2n) is 6.99. The molecule has 31 heavy (non-hydrogen) atoms. The van der Waals surface area contributed by atoms with Crippen LogP contribution in [-0.2, 0) is 16.4 Å². The molecule has 0 spiro atoms. The van der Waals surface area contributed by atoms with Crippen molar-refractivity contribution in [3.05, 3.63) is 65.9 Å². The van der Waals surface area contributed by atoms with Gasteiger partial charge < -0.3 is 10.1 Å². The molecule has 3 heterocycles. The van der Waals surface area contributed by atoms with E-state index >= 15 is 0 Å². The lowest BCUT2D eigenvalue weighted by Gasteiger charge is -2.14. The van der Waals surface area contributed by atoms with Gasteiger partial charge in [-0.3, -0.25) is 4.40 Å². The van der Waals surface area contributed by atoms with Gasteiger partial charge in [0.15, 0.2) is 20.5 Å². The molecule has 0 radical (unpaired) electrons. The lowest BCUT2D eigenvalue weighted by atomic mass is 10.1. The number of fused-ring (bicyclic) bond motifs is 1. The van der Waals surface area contributed by atoms with Gasteiger partial charge in [0.1, 0.15) is 23.7 Å². The van der Waals surface area contributed by atoms with E-state index in [0.29, 0.717) is 28.5 Å². The van der Waals surface area contributed by atoms with Crippen LogP contribution in [-0.4, -0.2) is 41.4 Å². The summed E-state index contributed by atoms with van der Waals surface area (Å²) in [5.74, 6) is 0.750. The van der Waals surface area contributed by atoms with Crippen LogP contribution in [0, 0.1) is 12.7 Å². The van der Waals surface area contributed by atoms with Crippen molar-refractivity contribution < 1.29 is 17.5 Å². The summed E-state index contributed by atoms with van der Waals surface area (Å²) in [6.07, 6.45) is 2.67. The number of halogens is 1. The number of pyridine rings is 2. The first kappa shape index (κ1) is 20.7. The Labute approximate surface area is 178 Å². The van der Waals surface area contributed by atoms with Crippen LogP contribution in [0.5, 0.6) is 5.75 Å². The SMILES string of the molecule is COc1cccc(F)c1CNc1ccc(-c2ccc(S(C)(=O)=O)nc2C)c2nncn12. The van der Waals surface area contributed by atoms with Crippen LogP contribution in [0.3, 0.4) is 0 Å². The maximum atomic E-state index is 14.2. The summed E-state index contributed by atoms with van der Waals surface area (Å²) in [6, 6.07) is 11.5. The van der Waals surface area contributed by atoms with E-state index < -0.39 is 9.84 Å². The zero-order valence-corrected chi connectivity index (χ0v) is 17.9. The summed E-state index contributed by atoms with van der Waals surface area (Å²) in [7, 11) is -1.90.